The van der Waals surface area contributed by atoms with Crippen molar-refractivity contribution in [3.05, 3.63) is 36.2 Å². The molecule has 1 heterocycles. The monoisotopic (exact) mass is 270 g/mol. The maximum Gasteiger partial charge on any atom is 0.249 e. The van der Waals surface area contributed by atoms with Gasteiger partial charge in [-0.2, -0.15) is 15.2 Å². The van der Waals surface area contributed by atoms with Crippen LogP contribution in [0, 0.1) is 11.3 Å². The highest BCUT2D eigenvalue weighted by Crippen LogP contribution is 2.30. The van der Waals surface area contributed by atoms with E-state index in [2.05, 4.69) is 16.0 Å². The van der Waals surface area contributed by atoms with Gasteiger partial charge in [0.1, 0.15) is 12.1 Å². The zero-order valence-corrected chi connectivity index (χ0v) is 11.0. The number of nitrogens with two attached hydrogens (primary N) is 1. The number of aromatic nitrogens is 2. The van der Waals surface area contributed by atoms with E-state index in [1.54, 1.807) is 12.1 Å². The van der Waals surface area contributed by atoms with E-state index >= 15 is 0 Å². The van der Waals surface area contributed by atoms with Crippen LogP contribution in [0.15, 0.2) is 30.6 Å². The molecule has 0 aliphatic heterocycles. The van der Waals surface area contributed by atoms with Crippen LogP contribution < -0.4 is 15.2 Å². The van der Waals surface area contributed by atoms with Crippen molar-refractivity contribution in [3.63, 3.8) is 0 Å². The van der Waals surface area contributed by atoms with E-state index in [0.717, 1.165) is 5.56 Å². The fourth-order valence-corrected chi connectivity index (χ4v) is 1.58. The summed E-state index contributed by atoms with van der Waals surface area (Å²) in [6.45, 7) is 2.31. The first kappa shape index (κ1) is 13.6. The SMILES string of the molecule is CCOc1ncnc(Oc2ccc(CC#N)cc2)c1N. The summed E-state index contributed by atoms with van der Waals surface area (Å²) in [5.74, 6) is 1.13. The summed E-state index contributed by atoms with van der Waals surface area (Å²) >= 11 is 0. The van der Waals surface area contributed by atoms with Crippen LogP contribution in [0.5, 0.6) is 17.5 Å². The van der Waals surface area contributed by atoms with Crippen molar-refractivity contribution < 1.29 is 9.47 Å². The zero-order chi connectivity index (χ0) is 14.4. The van der Waals surface area contributed by atoms with Gasteiger partial charge in [-0.3, -0.25) is 0 Å². The average molecular weight is 270 g/mol. The molecule has 0 aliphatic carbocycles. The minimum Gasteiger partial charge on any atom is -0.476 e. The van der Waals surface area contributed by atoms with Gasteiger partial charge in [-0.15, -0.1) is 0 Å². The van der Waals surface area contributed by atoms with Crippen LogP contribution in [0.2, 0.25) is 0 Å². The van der Waals surface area contributed by atoms with Crippen molar-refractivity contribution in [2.24, 2.45) is 0 Å². The quantitative estimate of drug-likeness (QED) is 0.895. The number of hydrogen-bond acceptors (Lipinski definition) is 6. The third-order valence-electron chi connectivity index (χ3n) is 2.51. The predicted octanol–water partition coefficient (Wildman–Crippen LogP) is 2.32. The number of hydrogen-bond donors (Lipinski definition) is 1. The molecule has 6 heteroatoms. The highest BCUT2D eigenvalue weighted by Gasteiger charge is 2.11. The van der Waals surface area contributed by atoms with E-state index in [0.29, 0.717) is 24.7 Å². The molecule has 102 valence electrons. The van der Waals surface area contributed by atoms with Crippen LogP contribution in [-0.2, 0) is 6.42 Å². The van der Waals surface area contributed by atoms with Crippen LogP contribution >= 0.6 is 0 Å². The molecule has 2 rings (SSSR count). The van der Waals surface area contributed by atoms with E-state index < -0.39 is 0 Å². The van der Waals surface area contributed by atoms with Crippen molar-refractivity contribution in [1.82, 2.24) is 9.97 Å². The Morgan fingerprint density at radius 3 is 2.55 bits per heavy atom. The minimum atomic E-state index is 0.247. The standard InChI is InChI=1S/C14H14N4O2/c1-2-19-13-12(16)14(18-9-17-13)20-11-5-3-10(4-6-11)7-8-15/h3-6,9H,2,7,16H2,1H3. The molecular weight excluding hydrogens is 256 g/mol. The lowest BCUT2D eigenvalue weighted by molar-refractivity contribution is 0.325. The largest absolute Gasteiger partial charge is 0.476 e. The van der Waals surface area contributed by atoms with E-state index in [1.165, 1.54) is 6.33 Å². The molecular formula is C14H14N4O2. The third kappa shape index (κ3) is 3.14. The minimum absolute atomic E-state index is 0.247. The van der Waals surface area contributed by atoms with Crippen LogP contribution in [-0.4, -0.2) is 16.6 Å². The molecule has 1 aromatic heterocycles. The van der Waals surface area contributed by atoms with Gasteiger partial charge in [0, 0.05) is 0 Å². The van der Waals surface area contributed by atoms with Gasteiger partial charge in [0.15, 0.2) is 5.69 Å². The Labute approximate surface area is 116 Å². The summed E-state index contributed by atoms with van der Waals surface area (Å²) in [7, 11) is 0. The molecule has 1 aromatic carbocycles. The molecule has 0 unspecified atom stereocenters. The number of rotatable bonds is 5. The second-order valence-electron chi connectivity index (χ2n) is 3.91. The lowest BCUT2D eigenvalue weighted by atomic mass is 10.2. The normalized spacial score (nSPS) is 9.80. The highest BCUT2D eigenvalue weighted by molar-refractivity contribution is 5.56. The first-order chi connectivity index (χ1) is 9.74. The molecule has 0 fully saturated rings. The molecule has 0 atom stereocenters. The Morgan fingerprint density at radius 1 is 1.20 bits per heavy atom. The van der Waals surface area contributed by atoms with Crippen LogP contribution in [0.4, 0.5) is 5.69 Å². The molecule has 0 amide bonds. The second kappa shape index (κ2) is 6.38. The van der Waals surface area contributed by atoms with E-state index in [1.807, 2.05) is 19.1 Å². The first-order valence-electron chi connectivity index (χ1n) is 6.11. The Hall–Kier alpha value is -2.81. The van der Waals surface area contributed by atoms with Gasteiger partial charge in [-0.1, -0.05) is 12.1 Å². The van der Waals surface area contributed by atoms with E-state index in [9.17, 15) is 0 Å². The number of benzene rings is 1. The fraction of sp³-hybridized carbons (Fsp3) is 0.214. The Kier molecular flexibility index (Phi) is 4.35. The van der Waals surface area contributed by atoms with Gasteiger partial charge in [0.2, 0.25) is 11.8 Å². The molecule has 0 spiro atoms. The molecule has 2 N–H and O–H groups in total. The summed E-state index contributed by atoms with van der Waals surface area (Å²) in [5, 5.41) is 8.61. The summed E-state index contributed by atoms with van der Waals surface area (Å²) < 4.78 is 10.9. The molecule has 2 aromatic rings. The number of anilines is 1. The van der Waals surface area contributed by atoms with Gasteiger partial charge < -0.3 is 15.2 Å². The topological polar surface area (TPSA) is 94.0 Å². The molecule has 0 bridgehead atoms. The number of ether oxygens (including phenoxy) is 2. The number of nitrogens with zero attached hydrogens (tertiary/aromatic N) is 3. The lowest BCUT2D eigenvalue weighted by Crippen LogP contribution is -2.02. The van der Waals surface area contributed by atoms with Gasteiger partial charge >= 0.3 is 0 Å². The number of nitrogen functional groups attached to an aromatic ring is 1. The van der Waals surface area contributed by atoms with Gasteiger partial charge in [0.25, 0.3) is 0 Å². The van der Waals surface area contributed by atoms with Crippen molar-refractivity contribution in [3.8, 4) is 23.6 Å². The summed E-state index contributed by atoms with van der Waals surface area (Å²) in [6.07, 6.45) is 1.70. The van der Waals surface area contributed by atoms with Crippen LogP contribution in [0.3, 0.4) is 0 Å². The van der Waals surface area contributed by atoms with Crippen LogP contribution in [0.1, 0.15) is 12.5 Å². The van der Waals surface area contributed by atoms with Gasteiger partial charge in [0.05, 0.1) is 19.1 Å². The first-order valence-corrected chi connectivity index (χ1v) is 6.11. The molecule has 0 aliphatic rings. The third-order valence-corrected chi connectivity index (χ3v) is 2.51. The molecule has 0 saturated carbocycles. The fourth-order valence-electron chi connectivity index (χ4n) is 1.58. The average Bonchev–Trinajstić information content (AvgIpc) is 2.46. The Bertz CT molecular complexity index is 620. The van der Waals surface area contributed by atoms with Crippen molar-refractivity contribution in [2.75, 3.05) is 12.3 Å². The zero-order valence-electron chi connectivity index (χ0n) is 11.0. The maximum atomic E-state index is 8.61. The van der Waals surface area contributed by atoms with Gasteiger partial charge in [-0.25, -0.2) is 0 Å². The molecule has 0 saturated heterocycles. The summed E-state index contributed by atoms with van der Waals surface area (Å²) in [6, 6.07) is 9.24. The van der Waals surface area contributed by atoms with Crippen LogP contribution in [0.25, 0.3) is 0 Å². The van der Waals surface area contributed by atoms with Crippen molar-refractivity contribution in [1.29, 1.82) is 5.26 Å². The van der Waals surface area contributed by atoms with Crippen molar-refractivity contribution in [2.45, 2.75) is 13.3 Å². The summed E-state index contributed by atoms with van der Waals surface area (Å²) in [4.78, 5) is 7.92. The smallest absolute Gasteiger partial charge is 0.249 e. The highest BCUT2D eigenvalue weighted by atomic mass is 16.5. The number of nitriles is 1. The Balaban J connectivity index is 2.17. The van der Waals surface area contributed by atoms with E-state index in [-0.39, 0.29) is 11.6 Å². The molecule has 20 heavy (non-hydrogen) atoms. The Morgan fingerprint density at radius 2 is 1.90 bits per heavy atom. The van der Waals surface area contributed by atoms with E-state index in [4.69, 9.17) is 20.5 Å². The van der Waals surface area contributed by atoms with Crippen molar-refractivity contribution >= 4 is 5.69 Å². The molecule has 0 radical (unpaired) electrons. The predicted molar refractivity (Wildman–Crippen MR) is 73.4 cm³/mol. The molecule has 6 nitrogen and oxygen atoms in total. The summed E-state index contributed by atoms with van der Waals surface area (Å²) in [5.41, 5.74) is 7.06. The second-order valence-corrected chi connectivity index (χ2v) is 3.91. The van der Waals surface area contributed by atoms with Gasteiger partial charge in [-0.05, 0) is 24.6 Å². The lowest BCUT2D eigenvalue weighted by Gasteiger charge is -2.10. The maximum absolute atomic E-state index is 8.61.